The van der Waals surface area contributed by atoms with Gasteiger partial charge in [-0.1, -0.05) is 36.4 Å². The minimum Gasteiger partial charge on any atom is -0.491 e. The maximum absolute atomic E-state index is 10.5. The third kappa shape index (κ3) is 7.84. The van der Waals surface area contributed by atoms with Gasteiger partial charge in [0, 0.05) is 12.3 Å². The molecule has 6 nitrogen and oxygen atoms in total. The number of aryl methyl sites for hydroxylation is 1. The van der Waals surface area contributed by atoms with Crippen LogP contribution in [0.2, 0.25) is 0 Å². The monoisotopic (exact) mass is 390 g/mol. The lowest BCUT2D eigenvalue weighted by Crippen LogP contribution is -2.23. The first-order valence-electron chi connectivity index (χ1n) is 9.68. The van der Waals surface area contributed by atoms with Crippen molar-refractivity contribution >= 4 is 5.97 Å². The van der Waals surface area contributed by atoms with E-state index in [-0.39, 0.29) is 31.7 Å². The van der Waals surface area contributed by atoms with E-state index in [0.29, 0.717) is 12.2 Å². The van der Waals surface area contributed by atoms with Crippen LogP contribution in [0.15, 0.2) is 48.6 Å². The predicted octanol–water partition coefficient (Wildman–Crippen LogP) is 2.87. The van der Waals surface area contributed by atoms with Crippen LogP contribution >= 0.6 is 0 Å². The van der Waals surface area contributed by atoms with Crippen molar-refractivity contribution < 1.29 is 29.6 Å². The summed E-state index contributed by atoms with van der Waals surface area (Å²) < 4.78 is 11.2. The van der Waals surface area contributed by atoms with E-state index in [1.165, 1.54) is 0 Å². The van der Waals surface area contributed by atoms with E-state index in [0.717, 1.165) is 18.4 Å². The molecule has 1 aliphatic heterocycles. The Kier molecular flexibility index (Phi) is 9.20. The van der Waals surface area contributed by atoms with E-state index in [1.54, 1.807) is 12.2 Å². The standard InChI is InChI=1S/C22H30O6/c1-16-7-6-8-18(13-16)27-14-17(23)11-12-21-19(20(24)15-28-21)9-4-2-3-5-10-22(25)26/h2-3,6-8,11-13,17,19-21,23-24H,4-5,9-10,14-15H2,1H3,(H,25,26)/b3-2-,12-11+/t17-,19+,20+,21-/m1/s1. The van der Waals surface area contributed by atoms with Gasteiger partial charge in [-0.05, 0) is 43.9 Å². The Bertz CT molecular complexity index is 669. The van der Waals surface area contributed by atoms with Crippen molar-refractivity contribution in [2.75, 3.05) is 13.2 Å². The van der Waals surface area contributed by atoms with Crippen molar-refractivity contribution in [1.82, 2.24) is 0 Å². The van der Waals surface area contributed by atoms with Gasteiger partial charge < -0.3 is 24.8 Å². The molecular weight excluding hydrogens is 360 g/mol. The lowest BCUT2D eigenvalue weighted by molar-refractivity contribution is -0.136. The van der Waals surface area contributed by atoms with E-state index in [4.69, 9.17) is 14.6 Å². The van der Waals surface area contributed by atoms with Crippen LogP contribution in [0.3, 0.4) is 0 Å². The minimum absolute atomic E-state index is 0.0507. The molecule has 0 saturated carbocycles. The third-order valence-corrected chi connectivity index (χ3v) is 4.67. The van der Waals surface area contributed by atoms with E-state index < -0.39 is 18.2 Å². The Hall–Kier alpha value is -2.15. The molecule has 154 valence electrons. The summed E-state index contributed by atoms with van der Waals surface area (Å²) in [6, 6.07) is 7.64. The summed E-state index contributed by atoms with van der Waals surface area (Å²) >= 11 is 0. The number of hydrogen-bond acceptors (Lipinski definition) is 5. The highest BCUT2D eigenvalue weighted by Crippen LogP contribution is 2.27. The number of aliphatic hydroxyl groups excluding tert-OH is 2. The molecule has 1 aromatic carbocycles. The number of benzene rings is 1. The van der Waals surface area contributed by atoms with Crippen LogP contribution in [-0.4, -0.2) is 52.8 Å². The molecule has 1 aromatic rings. The van der Waals surface area contributed by atoms with Crippen molar-refractivity contribution in [3.8, 4) is 5.75 Å². The summed E-state index contributed by atoms with van der Waals surface area (Å²) in [4.78, 5) is 10.5. The van der Waals surface area contributed by atoms with Crippen molar-refractivity contribution in [1.29, 1.82) is 0 Å². The van der Waals surface area contributed by atoms with Gasteiger partial charge in [-0.2, -0.15) is 0 Å². The van der Waals surface area contributed by atoms with Crippen molar-refractivity contribution in [2.45, 2.75) is 50.9 Å². The van der Waals surface area contributed by atoms with Crippen LogP contribution in [0.1, 0.15) is 31.2 Å². The summed E-state index contributed by atoms with van der Waals surface area (Å²) in [5.74, 6) is -0.141. The maximum atomic E-state index is 10.5. The van der Waals surface area contributed by atoms with E-state index in [1.807, 2.05) is 43.3 Å². The zero-order chi connectivity index (χ0) is 20.4. The largest absolute Gasteiger partial charge is 0.491 e. The molecule has 1 saturated heterocycles. The number of carboxylic acid groups (broad SMARTS) is 1. The molecule has 1 heterocycles. The number of ether oxygens (including phenoxy) is 2. The highest BCUT2D eigenvalue weighted by molar-refractivity contribution is 5.66. The quantitative estimate of drug-likeness (QED) is 0.503. The van der Waals surface area contributed by atoms with Gasteiger partial charge in [0.1, 0.15) is 18.5 Å². The molecule has 0 bridgehead atoms. The van der Waals surface area contributed by atoms with E-state index in [9.17, 15) is 15.0 Å². The van der Waals surface area contributed by atoms with Crippen LogP contribution in [0, 0.1) is 12.8 Å². The SMILES string of the molecule is Cc1cccc(OC[C@H](O)/C=C/[C@H]2OC[C@H](O)[C@@H]2CC/C=C\CCC(=O)O)c1. The van der Waals surface area contributed by atoms with Crippen LogP contribution < -0.4 is 4.74 Å². The van der Waals surface area contributed by atoms with Crippen LogP contribution in [-0.2, 0) is 9.53 Å². The van der Waals surface area contributed by atoms with Gasteiger partial charge in [0.2, 0.25) is 0 Å². The fourth-order valence-corrected chi connectivity index (χ4v) is 3.14. The molecule has 0 unspecified atom stereocenters. The van der Waals surface area contributed by atoms with Gasteiger partial charge in [-0.3, -0.25) is 4.79 Å². The molecule has 2 rings (SSSR count). The van der Waals surface area contributed by atoms with Gasteiger partial charge in [-0.15, -0.1) is 0 Å². The lowest BCUT2D eigenvalue weighted by atomic mass is 9.93. The molecule has 4 atom stereocenters. The predicted molar refractivity (Wildman–Crippen MR) is 106 cm³/mol. The maximum Gasteiger partial charge on any atom is 0.303 e. The Balaban J connectivity index is 1.76. The average Bonchev–Trinajstić information content (AvgIpc) is 3.01. The number of rotatable bonds is 11. The Morgan fingerprint density at radius 3 is 2.89 bits per heavy atom. The van der Waals surface area contributed by atoms with Crippen LogP contribution in [0.4, 0.5) is 0 Å². The Morgan fingerprint density at radius 2 is 2.14 bits per heavy atom. The molecule has 0 radical (unpaired) electrons. The molecule has 3 N–H and O–H groups in total. The number of allylic oxidation sites excluding steroid dienone is 2. The molecule has 1 aliphatic rings. The topological polar surface area (TPSA) is 96.2 Å². The lowest BCUT2D eigenvalue weighted by Gasteiger charge is -2.17. The number of hydrogen-bond donors (Lipinski definition) is 3. The average molecular weight is 390 g/mol. The van der Waals surface area contributed by atoms with Crippen molar-refractivity contribution in [3.63, 3.8) is 0 Å². The molecule has 1 fully saturated rings. The first-order chi connectivity index (χ1) is 13.5. The second-order valence-corrected chi connectivity index (χ2v) is 7.09. The van der Waals surface area contributed by atoms with Crippen LogP contribution in [0.5, 0.6) is 5.75 Å². The second kappa shape index (κ2) is 11.6. The summed E-state index contributed by atoms with van der Waals surface area (Å²) in [6.07, 6.45) is 7.79. The van der Waals surface area contributed by atoms with E-state index >= 15 is 0 Å². The van der Waals surface area contributed by atoms with Gasteiger partial charge in [-0.25, -0.2) is 0 Å². The van der Waals surface area contributed by atoms with Crippen molar-refractivity contribution in [2.24, 2.45) is 5.92 Å². The van der Waals surface area contributed by atoms with E-state index in [2.05, 4.69) is 0 Å². The molecule has 28 heavy (non-hydrogen) atoms. The Labute approximate surface area is 166 Å². The summed E-state index contributed by atoms with van der Waals surface area (Å²) in [5.41, 5.74) is 1.09. The smallest absolute Gasteiger partial charge is 0.303 e. The third-order valence-electron chi connectivity index (χ3n) is 4.67. The zero-order valence-electron chi connectivity index (χ0n) is 16.2. The zero-order valence-corrected chi connectivity index (χ0v) is 16.2. The first kappa shape index (κ1) is 22.1. The highest BCUT2D eigenvalue weighted by atomic mass is 16.5. The first-order valence-corrected chi connectivity index (χ1v) is 9.68. The molecule has 0 spiro atoms. The minimum atomic E-state index is -0.806. The number of carbonyl (C=O) groups is 1. The van der Waals surface area contributed by atoms with Crippen LogP contribution in [0.25, 0.3) is 0 Å². The van der Waals surface area contributed by atoms with Gasteiger partial charge in [0.05, 0.1) is 18.8 Å². The van der Waals surface area contributed by atoms with Gasteiger partial charge in [0.15, 0.2) is 0 Å². The summed E-state index contributed by atoms with van der Waals surface area (Å²) in [6.45, 7) is 2.40. The Morgan fingerprint density at radius 1 is 1.36 bits per heavy atom. The second-order valence-electron chi connectivity index (χ2n) is 7.09. The molecule has 6 heteroatoms. The molecule has 0 aromatic heterocycles. The number of carboxylic acids is 1. The van der Waals surface area contributed by atoms with Crippen molar-refractivity contribution in [3.05, 3.63) is 54.1 Å². The summed E-state index contributed by atoms with van der Waals surface area (Å²) in [5, 5.41) is 28.9. The normalized spacial score (nSPS) is 23.5. The fraction of sp³-hybridized carbons (Fsp3) is 0.500. The fourth-order valence-electron chi connectivity index (χ4n) is 3.14. The summed E-state index contributed by atoms with van der Waals surface area (Å²) in [7, 11) is 0. The number of aliphatic carboxylic acids is 1. The molecule has 0 aliphatic carbocycles. The van der Waals surface area contributed by atoms with Gasteiger partial charge >= 0.3 is 5.97 Å². The van der Waals surface area contributed by atoms with Gasteiger partial charge in [0.25, 0.3) is 0 Å². The molecule has 0 amide bonds. The molecular formula is C22H30O6. The number of aliphatic hydroxyl groups is 2. The highest BCUT2D eigenvalue weighted by Gasteiger charge is 2.33.